The predicted octanol–water partition coefficient (Wildman–Crippen LogP) is 17.0. The van der Waals surface area contributed by atoms with Crippen molar-refractivity contribution in [2.24, 2.45) is 0 Å². The van der Waals surface area contributed by atoms with Gasteiger partial charge < -0.3 is 0 Å². The lowest BCUT2D eigenvalue weighted by molar-refractivity contribution is 1.08. The molecule has 330 valence electrons. The maximum absolute atomic E-state index is 5.57. The van der Waals surface area contributed by atoms with Crippen LogP contribution in [0.3, 0.4) is 0 Å². The van der Waals surface area contributed by atoms with E-state index in [0.717, 1.165) is 105 Å². The van der Waals surface area contributed by atoms with E-state index in [2.05, 4.69) is 253 Å². The summed E-state index contributed by atoms with van der Waals surface area (Å²) in [6, 6.07) is 86.0. The molecule has 0 radical (unpaired) electrons. The number of fused-ring (bicyclic) bond motifs is 8. The first-order chi connectivity index (χ1) is 35.2. The van der Waals surface area contributed by atoms with E-state index in [4.69, 9.17) is 19.9 Å². The highest BCUT2D eigenvalue weighted by Crippen LogP contribution is 2.42. The van der Waals surface area contributed by atoms with Crippen LogP contribution >= 0.6 is 0 Å². The fourth-order valence-electron chi connectivity index (χ4n) is 10.6. The van der Waals surface area contributed by atoms with Gasteiger partial charge >= 0.3 is 0 Å². The Bertz CT molecular complexity index is 4250. The van der Waals surface area contributed by atoms with Crippen LogP contribution in [-0.4, -0.2) is 24.3 Å². The molecule has 0 aliphatic carbocycles. The third-order valence-electron chi connectivity index (χ3n) is 14.0. The van der Waals surface area contributed by atoms with Crippen LogP contribution < -0.4 is 0 Å². The molecule has 0 atom stereocenters. The minimum absolute atomic E-state index is 0.594. The van der Waals surface area contributed by atoms with Gasteiger partial charge in [0, 0.05) is 39.6 Å². The topological polar surface area (TPSA) is 56.0 Å². The number of nitrogens with zero attached hydrogens (tertiary/aromatic N) is 5. The maximum atomic E-state index is 5.57. The lowest BCUT2D eigenvalue weighted by Crippen LogP contribution is -2.01. The Labute approximate surface area is 409 Å². The van der Waals surface area contributed by atoms with Gasteiger partial charge in [-0.2, -0.15) is 0 Å². The quantitative estimate of drug-likeness (QED) is 0.150. The van der Waals surface area contributed by atoms with Gasteiger partial charge in [0.05, 0.1) is 11.4 Å². The van der Waals surface area contributed by atoms with Crippen molar-refractivity contribution in [3.05, 3.63) is 249 Å². The number of benzene rings is 11. The largest absolute Gasteiger partial charge is 0.298 e. The highest BCUT2D eigenvalue weighted by molar-refractivity contribution is 6.15. The minimum atomic E-state index is 0.594. The molecular formula is C66H41N5. The molecule has 0 spiro atoms. The lowest BCUT2D eigenvalue weighted by Gasteiger charge is -2.14. The molecule has 5 heteroatoms. The fourth-order valence-corrected chi connectivity index (χ4v) is 10.6. The van der Waals surface area contributed by atoms with Crippen LogP contribution in [0.1, 0.15) is 0 Å². The van der Waals surface area contributed by atoms with Gasteiger partial charge in [-0.1, -0.05) is 218 Å². The summed E-state index contributed by atoms with van der Waals surface area (Å²) in [6.45, 7) is 0. The van der Waals surface area contributed by atoms with Crippen LogP contribution in [-0.2, 0) is 0 Å². The number of imidazole rings is 1. The first-order valence-corrected chi connectivity index (χ1v) is 24.0. The molecule has 14 aromatic rings. The monoisotopic (exact) mass is 903 g/mol. The molecule has 11 aromatic carbocycles. The van der Waals surface area contributed by atoms with E-state index in [1.54, 1.807) is 0 Å². The molecule has 0 N–H and O–H groups in total. The summed E-state index contributed by atoms with van der Waals surface area (Å²) < 4.78 is 2.29. The number of aromatic nitrogens is 5. The summed E-state index contributed by atoms with van der Waals surface area (Å²) in [5.41, 5.74) is 12.0. The number of hydrogen-bond donors (Lipinski definition) is 0. The van der Waals surface area contributed by atoms with Crippen LogP contribution in [0.15, 0.2) is 249 Å². The van der Waals surface area contributed by atoms with E-state index >= 15 is 0 Å². The Morgan fingerprint density at radius 3 is 1.32 bits per heavy atom. The molecule has 71 heavy (non-hydrogen) atoms. The first-order valence-electron chi connectivity index (χ1n) is 24.0. The summed E-state index contributed by atoms with van der Waals surface area (Å²) >= 11 is 0. The van der Waals surface area contributed by atoms with Crippen LogP contribution in [0.25, 0.3) is 138 Å². The van der Waals surface area contributed by atoms with Gasteiger partial charge in [-0.05, 0) is 94.8 Å². The van der Waals surface area contributed by atoms with Crippen molar-refractivity contribution in [1.82, 2.24) is 24.3 Å². The van der Waals surface area contributed by atoms with E-state index in [-0.39, 0.29) is 0 Å². The van der Waals surface area contributed by atoms with Gasteiger partial charge in [-0.25, -0.2) is 19.9 Å². The third-order valence-corrected chi connectivity index (χ3v) is 14.0. The van der Waals surface area contributed by atoms with E-state index in [1.165, 1.54) is 16.2 Å². The van der Waals surface area contributed by atoms with Crippen LogP contribution in [0, 0.1) is 0 Å². The molecule has 0 amide bonds. The van der Waals surface area contributed by atoms with Crippen molar-refractivity contribution >= 4 is 59.5 Å². The zero-order valence-electron chi connectivity index (χ0n) is 38.4. The standard InChI is InChI=1S/C66H41N5/c1-3-17-42(18-4-1)51-40-58(44-20-5-2-6-21-44)66-67-61(50-36-31-43-19-7-8-22-47(43)37-50)62(71(66)41-51)45-32-34-46(35-33-45)63-68-64(59-38-48-23-9-11-25-52(48)54-27-13-15-29-56(54)59)70-65(69-63)60-39-49-24-10-12-26-53(49)55-28-14-16-30-57(55)60/h1-41H. The molecule has 5 nitrogen and oxygen atoms in total. The smallest absolute Gasteiger partial charge is 0.164 e. The van der Waals surface area contributed by atoms with Crippen LogP contribution in [0.4, 0.5) is 0 Å². The average Bonchev–Trinajstić information content (AvgIpc) is 3.84. The number of hydrogen-bond acceptors (Lipinski definition) is 4. The molecule has 3 aromatic heterocycles. The summed E-state index contributed by atoms with van der Waals surface area (Å²) in [5.74, 6) is 1.84. The fraction of sp³-hybridized carbons (Fsp3) is 0. The third kappa shape index (κ3) is 6.94. The van der Waals surface area contributed by atoms with Crippen molar-refractivity contribution in [1.29, 1.82) is 0 Å². The van der Waals surface area contributed by atoms with Gasteiger partial charge in [-0.15, -0.1) is 0 Å². The number of rotatable bonds is 7. The van der Waals surface area contributed by atoms with Crippen molar-refractivity contribution in [2.45, 2.75) is 0 Å². The molecule has 0 fully saturated rings. The van der Waals surface area contributed by atoms with Crippen molar-refractivity contribution in [2.75, 3.05) is 0 Å². The first kappa shape index (κ1) is 40.5. The predicted molar refractivity (Wildman–Crippen MR) is 294 cm³/mol. The van der Waals surface area contributed by atoms with Crippen molar-refractivity contribution < 1.29 is 0 Å². The maximum Gasteiger partial charge on any atom is 0.164 e. The van der Waals surface area contributed by atoms with E-state index in [0.29, 0.717) is 17.5 Å². The molecule has 0 saturated heterocycles. The van der Waals surface area contributed by atoms with Gasteiger partial charge in [0.2, 0.25) is 0 Å². The van der Waals surface area contributed by atoms with E-state index in [1.807, 2.05) is 0 Å². The molecule has 0 aliphatic rings. The highest BCUT2D eigenvalue weighted by atomic mass is 15.0. The van der Waals surface area contributed by atoms with Gasteiger partial charge in [0.15, 0.2) is 17.5 Å². The zero-order chi connectivity index (χ0) is 46.8. The zero-order valence-corrected chi connectivity index (χ0v) is 38.4. The molecule has 14 rings (SSSR count). The molecule has 0 aliphatic heterocycles. The molecule has 0 unspecified atom stereocenters. The second-order valence-electron chi connectivity index (χ2n) is 18.2. The van der Waals surface area contributed by atoms with E-state index < -0.39 is 0 Å². The summed E-state index contributed by atoms with van der Waals surface area (Å²) in [7, 11) is 0. The van der Waals surface area contributed by atoms with E-state index in [9.17, 15) is 0 Å². The van der Waals surface area contributed by atoms with Gasteiger partial charge in [-0.3, -0.25) is 4.40 Å². The summed E-state index contributed by atoms with van der Waals surface area (Å²) in [6.07, 6.45) is 2.24. The van der Waals surface area contributed by atoms with Gasteiger partial charge in [0.25, 0.3) is 0 Å². The molecule has 0 saturated carbocycles. The minimum Gasteiger partial charge on any atom is -0.298 e. The Hall–Kier alpha value is -9.58. The Morgan fingerprint density at radius 2 is 0.718 bits per heavy atom. The highest BCUT2D eigenvalue weighted by Gasteiger charge is 2.23. The van der Waals surface area contributed by atoms with Crippen molar-refractivity contribution in [3.8, 4) is 78.9 Å². The summed E-state index contributed by atoms with van der Waals surface area (Å²) in [5, 5.41) is 11.5. The van der Waals surface area contributed by atoms with Crippen LogP contribution in [0.5, 0.6) is 0 Å². The molecule has 0 bridgehead atoms. The lowest BCUT2D eigenvalue weighted by atomic mass is 9.96. The summed E-state index contributed by atoms with van der Waals surface area (Å²) in [4.78, 5) is 21.7. The Balaban J connectivity index is 1.000. The Morgan fingerprint density at radius 1 is 0.254 bits per heavy atom. The number of pyridine rings is 1. The normalized spacial score (nSPS) is 11.7. The van der Waals surface area contributed by atoms with Crippen molar-refractivity contribution in [3.63, 3.8) is 0 Å². The molecular weight excluding hydrogens is 863 g/mol. The Kier molecular flexibility index (Phi) is 9.46. The van der Waals surface area contributed by atoms with Crippen LogP contribution in [0.2, 0.25) is 0 Å². The van der Waals surface area contributed by atoms with Gasteiger partial charge in [0.1, 0.15) is 5.65 Å². The second-order valence-corrected chi connectivity index (χ2v) is 18.2. The molecule has 3 heterocycles. The SMILES string of the molecule is c1ccc(-c2cc(-c3ccccc3)c3nc(-c4ccc5ccccc5c4)c(-c4ccc(-c5nc(-c6cc7ccccc7c7ccccc67)nc(-c6cc7ccccc7c7ccccc67)n5)cc4)n3c2)cc1. The second kappa shape index (κ2) is 16.6. The average molecular weight is 904 g/mol.